The zero-order valence-electron chi connectivity index (χ0n) is 17.4. The highest BCUT2D eigenvalue weighted by Crippen LogP contribution is 2.41. The van der Waals surface area contributed by atoms with E-state index >= 15 is 0 Å². The molecule has 0 N–H and O–H groups in total. The Labute approximate surface area is 169 Å². The molecule has 24 heavy (non-hydrogen) atoms. The van der Waals surface area contributed by atoms with Crippen molar-refractivity contribution in [3.05, 3.63) is 23.8 Å². The number of hydrogen-bond acceptors (Lipinski definition) is 0. The average Bonchev–Trinajstić information content (AvgIpc) is 2.45. The largest absolute Gasteiger partial charge is 1.00 e. The maximum absolute atomic E-state index is 2.51. The Kier molecular flexibility index (Phi) is 11.1. The van der Waals surface area contributed by atoms with Gasteiger partial charge in [-0.1, -0.05) is 57.8 Å². The van der Waals surface area contributed by atoms with Crippen LogP contribution in [-0.2, 0) is 0 Å². The fraction of sp³-hybridized carbons (Fsp3) is 0.818. The van der Waals surface area contributed by atoms with Crippen molar-refractivity contribution in [3.8, 4) is 0 Å². The summed E-state index contributed by atoms with van der Waals surface area (Å²) in [5, 5.41) is 0. The van der Waals surface area contributed by atoms with Gasteiger partial charge in [-0.25, -0.2) is 0 Å². The fourth-order valence-electron chi connectivity index (χ4n) is 3.81. The van der Waals surface area contributed by atoms with Crippen LogP contribution in [0.1, 0.15) is 79.6 Å². The van der Waals surface area contributed by atoms with Crippen molar-refractivity contribution in [3.63, 3.8) is 0 Å². The molecule has 0 bridgehead atoms. The molecule has 1 nitrogen and oxygen atoms in total. The Bertz CT molecular complexity index is 406. The molecule has 1 aliphatic carbocycles. The average molecular weight is 447 g/mol. The molecule has 142 valence electrons. The van der Waals surface area contributed by atoms with Crippen molar-refractivity contribution in [1.29, 1.82) is 0 Å². The highest BCUT2D eigenvalue weighted by Gasteiger charge is 2.31. The minimum absolute atomic E-state index is 0. The Morgan fingerprint density at radius 2 is 1.83 bits per heavy atom. The number of hydrogen-bond donors (Lipinski definition) is 0. The van der Waals surface area contributed by atoms with Crippen LogP contribution in [-0.4, -0.2) is 31.2 Å². The summed E-state index contributed by atoms with van der Waals surface area (Å²) in [7, 11) is 4.78. The first kappa shape index (κ1) is 24.2. The second kappa shape index (κ2) is 11.0. The second-order valence-corrected chi connectivity index (χ2v) is 9.00. The van der Waals surface area contributed by atoms with Gasteiger partial charge < -0.3 is 28.5 Å². The van der Waals surface area contributed by atoms with E-state index in [1.807, 2.05) is 0 Å². The first-order valence-corrected chi connectivity index (χ1v) is 9.88. The molecule has 1 aliphatic rings. The molecule has 0 saturated heterocycles. The van der Waals surface area contributed by atoms with Crippen molar-refractivity contribution in [2.24, 2.45) is 11.3 Å². The molecule has 2 heteroatoms. The molecule has 0 spiro atoms. The number of allylic oxidation sites excluding steroid dienone is 3. The van der Waals surface area contributed by atoms with Crippen LogP contribution in [0, 0.1) is 11.3 Å². The molecule has 0 saturated carbocycles. The lowest BCUT2D eigenvalue weighted by Crippen LogP contribution is -3.00. The SMILES string of the molecule is CCCCCCC[N+](C)(C)C(C)C=CC1C(C)=CCCC1(C)C.[I-]. The van der Waals surface area contributed by atoms with Crippen molar-refractivity contribution in [1.82, 2.24) is 0 Å². The van der Waals surface area contributed by atoms with Gasteiger partial charge in [-0.2, -0.15) is 0 Å². The molecule has 0 heterocycles. The summed E-state index contributed by atoms with van der Waals surface area (Å²) in [6.45, 7) is 13.1. The van der Waals surface area contributed by atoms with E-state index in [0.717, 1.165) is 4.48 Å². The van der Waals surface area contributed by atoms with E-state index in [-0.39, 0.29) is 24.0 Å². The van der Waals surface area contributed by atoms with Gasteiger partial charge in [0, 0.05) is 5.92 Å². The number of quaternary nitrogens is 1. The second-order valence-electron chi connectivity index (χ2n) is 9.00. The first-order valence-electron chi connectivity index (χ1n) is 9.88. The van der Waals surface area contributed by atoms with Crippen LogP contribution in [0.5, 0.6) is 0 Å². The minimum atomic E-state index is 0. The van der Waals surface area contributed by atoms with Crippen LogP contribution in [0.15, 0.2) is 23.8 Å². The van der Waals surface area contributed by atoms with Crippen LogP contribution in [0.25, 0.3) is 0 Å². The third-order valence-corrected chi connectivity index (χ3v) is 6.11. The lowest BCUT2D eigenvalue weighted by molar-refractivity contribution is -0.906. The van der Waals surface area contributed by atoms with E-state index < -0.39 is 0 Å². The van der Waals surface area contributed by atoms with Crippen molar-refractivity contribution >= 4 is 0 Å². The standard InChI is InChI=1S/C22H42N.HI/c1-8-9-10-11-12-18-23(6,7)20(3)15-16-21-19(2)14-13-17-22(21,4)5;/h14-16,20-21H,8-13,17-18H2,1-7H3;1H/q+1;/p-1. The van der Waals surface area contributed by atoms with Crippen LogP contribution in [0.2, 0.25) is 0 Å². The molecule has 0 aromatic carbocycles. The predicted octanol–water partition coefficient (Wildman–Crippen LogP) is 3.36. The summed E-state index contributed by atoms with van der Waals surface area (Å²) < 4.78 is 1.11. The van der Waals surface area contributed by atoms with Crippen LogP contribution in [0.4, 0.5) is 0 Å². The van der Waals surface area contributed by atoms with Gasteiger partial charge in [-0.15, -0.1) is 0 Å². The fourth-order valence-corrected chi connectivity index (χ4v) is 3.81. The maximum Gasteiger partial charge on any atom is 0.104 e. The summed E-state index contributed by atoms with van der Waals surface area (Å²) >= 11 is 0. The number of halogens is 1. The van der Waals surface area contributed by atoms with Gasteiger partial charge >= 0.3 is 0 Å². The van der Waals surface area contributed by atoms with Crippen molar-refractivity contribution < 1.29 is 28.5 Å². The third-order valence-electron chi connectivity index (χ3n) is 6.11. The van der Waals surface area contributed by atoms with Gasteiger partial charge in [-0.05, 0) is 51.0 Å². The third kappa shape index (κ3) is 7.59. The first-order chi connectivity index (χ1) is 10.7. The summed E-state index contributed by atoms with van der Waals surface area (Å²) in [5.74, 6) is 0.614. The Morgan fingerprint density at radius 1 is 1.21 bits per heavy atom. The summed E-state index contributed by atoms with van der Waals surface area (Å²) in [5.41, 5.74) is 1.97. The van der Waals surface area contributed by atoms with Gasteiger partial charge in [-0.3, -0.25) is 0 Å². The predicted molar refractivity (Wildman–Crippen MR) is 105 cm³/mol. The van der Waals surface area contributed by atoms with Gasteiger partial charge in [0.15, 0.2) is 0 Å². The molecule has 0 aliphatic heterocycles. The monoisotopic (exact) mass is 447 g/mol. The molecule has 2 unspecified atom stereocenters. The Balaban J connectivity index is 0.00000529. The molecule has 0 fully saturated rings. The molecular weight excluding hydrogens is 405 g/mol. The highest BCUT2D eigenvalue weighted by molar-refractivity contribution is 5.19. The van der Waals surface area contributed by atoms with Gasteiger partial charge in [0.05, 0.1) is 20.6 Å². The van der Waals surface area contributed by atoms with Crippen LogP contribution >= 0.6 is 0 Å². The molecule has 0 aromatic rings. The summed E-state index contributed by atoms with van der Waals surface area (Å²) in [6, 6.07) is 0.590. The zero-order valence-corrected chi connectivity index (χ0v) is 19.5. The maximum atomic E-state index is 2.51. The molecule has 0 aromatic heterocycles. The Hall–Kier alpha value is 0.170. The summed E-state index contributed by atoms with van der Waals surface area (Å²) in [4.78, 5) is 0. The molecule has 0 radical (unpaired) electrons. The van der Waals surface area contributed by atoms with Crippen LogP contribution in [0.3, 0.4) is 0 Å². The normalized spacial score (nSPS) is 22.1. The lowest BCUT2D eigenvalue weighted by Gasteiger charge is -2.38. The Morgan fingerprint density at radius 3 is 2.42 bits per heavy atom. The van der Waals surface area contributed by atoms with Gasteiger partial charge in [0.1, 0.15) is 6.04 Å². The molecule has 2 atom stereocenters. The van der Waals surface area contributed by atoms with Crippen molar-refractivity contribution in [2.45, 2.75) is 85.6 Å². The van der Waals surface area contributed by atoms with Gasteiger partial charge in [0.25, 0.3) is 0 Å². The smallest absolute Gasteiger partial charge is 0.104 e. The van der Waals surface area contributed by atoms with Gasteiger partial charge in [0.2, 0.25) is 0 Å². The number of unbranched alkanes of at least 4 members (excludes halogenated alkanes) is 4. The van der Waals surface area contributed by atoms with E-state index in [1.54, 1.807) is 5.57 Å². The topological polar surface area (TPSA) is 0 Å². The number of likely N-dealkylation sites (N-methyl/N-ethyl adjacent to an activating group) is 1. The van der Waals surface area contributed by atoms with E-state index in [0.29, 0.717) is 17.4 Å². The van der Waals surface area contributed by atoms with E-state index in [9.17, 15) is 0 Å². The highest BCUT2D eigenvalue weighted by atomic mass is 127. The summed E-state index contributed by atoms with van der Waals surface area (Å²) in [6.07, 6.45) is 16.9. The van der Waals surface area contributed by atoms with E-state index in [2.05, 4.69) is 66.9 Å². The molecule has 1 rings (SSSR count). The van der Waals surface area contributed by atoms with Crippen molar-refractivity contribution in [2.75, 3.05) is 20.6 Å². The van der Waals surface area contributed by atoms with Crippen LogP contribution < -0.4 is 24.0 Å². The quantitative estimate of drug-likeness (QED) is 0.220. The minimum Gasteiger partial charge on any atom is -1.00 e. The van der Waals surface area contributed by atoms with E-state index in [1.165, 1.54) is 51.5 Å². The molecular formula is C22H42IN. The number of rotatable bonds is 9. The van der Waals surface area contributed by atoms with E-state index in [4.69, 9.17) is 0 Å². The molecule has 0 amide bonds. The number of nitrogens with zero attached hydrogens (tertiary/aromatic N) is 1. The lowest BCUT2D eigenvalue weighted by atomic mass is 9.68. The zero-order chi connectivity index (χ0) is 17.5.